The fourth-order valence-electron chi connectivity index (χ4n) is 3.51. The van der Waals surface area contributed by atoms with E-state index in [4.69, 9.17) is 4.74 Å². The van der Waals surface area contributed by atoms with E-state index in [2.05, 4.69) is 19.2 Å². The number of ether oxygens (including phenoxy) is 1. The van der Waals surface area contributed by atoms with E-state index in [1.54, 1.807) is 7.11 Å². The molecule has 1 aliphatic heterocycles. The summed E-state index contributed by atoms with van der Waals surface area (Å²) in [5.41, 5.74) is -0.189. The largest absolute Gasteiger partial charge is 0.378 e. The van der Waals surface area contributed by atoms with Gasteiger partial charge in [0.2, 0.25) is 5.91 Å². The van der Waals surface area contributed by atoms with Crippen LogP contribution in [-0.2, 0) is 9.53 Å². The van der Waals surface area contributed by atoms with Crippen molar-refractivity contribution >= 4 is 5.91 Å². The third-order valence-electron chi connectivity index (χ3n) is 4.56. The zero-order valence-electron chi connectivity index (χ0n) is 10.6. The second kappa shape index (κ2) is 4.02. The van der Waals surface area contributed by atoms with Gasteiger partial charge in [0.25, 0.3) is 0 Å². The number of amides is 1. The van der Waals surface area contributed by atoms with Crippen molar-refractivity contribution in [3.05, 3.63) is 0 Å². The zero-order valence-corrected chi connectivity index (χ0v) is 10.6. The summed E-state index contributed by atoms with van der Waals surface area (Å²) in [6.07, 6.45) is 6.64. The van der Waals surface area contributed by atoms with Crippen molar-refractivity contribution in [2.75, 3.05) is 7.11 Å². The second-order valence-corrected chi connectivity index (χ2v) is 5.83. The molecular formula is C13H23NO2. The summed E-state index contributed by atoms with van der Waals surface area (Å²) in [6, 6.07) is 0. The Labute approximate surface area is 97.9 Å². The molecule has 0 aromatic carbocycles. The van der Waals surface area contributed by atoms with E-state index >= 15 is 0 Å². The summed E-state index contributed by atoms with van der Waals surface area (Å²) < 4.78 is 5.61. The molecule has 0 bridgehead atoms. The number of rotatable bonds is 2. The first kappa shape index (κ1) is 11.9. The molecule has 0 radical (unpaired) electrons. The van der Waals surface area contributed by atoms with E-state index in [0.29, 0.717) is 12.3 Å². The lowest BCUT2D eigenvalue weighted by molar-refractivity contribution is -0.120. The van der Waals surface area contributed by atoms with Gasteiger partial charge in [-0.2, -0.15) is 0 Å². The van der Waals surface area contributed by atoms with Crippen LogP contribution >= 0.6 is 0 Å². The van der Waals surface area contributed by atoms with Crippen LogP contribution in [0, 0.1) is 5.92 Å². The van der Waals surface area contributed by atoms with Gasteiger partial charge in [-0.1, -0.05) is 19.3 Å². The fourth-order valence-corrected chi connectivity index (χ4v) is 3.51. The molecular weight excluding hydrogens is 202 g/mol. The molecule has 1 saturated heterocycles. The lowest BCUT2D eigenvalue weighted by atomic mass is 9.68. The minimum atomic E-state index is -0.212. The van der Waals surface area contributed by atoms with Gasteiger partial charge in [-0.3, -0.25) is 4.79 Å². The standard InChI is InChI=1S/C13H23NO2/c1-12(2,16-3)10-9-11(15)14-13(10)7-5-4-6-8-13/h10H,4-9H2,1-3H3,(H,14,15). The third-order valence-corrected chi connectivity index (χ3v) is 4.56. The number of nitrogens with one attached hydrogen (secondary N) is 1. The van der Waals surface area contributed by atoms with Crippen molar-refractivity contribution in [3.8, 4) is 0 Å². The molecule has 92 valence electrons. The van der Waals surface area contributed by atoms with Gasteiger partial charge < -0.3 is 10.1 Å². The van der Waals surface area contributed by atoms with Gasteiger partial charge in [0.1, 0.15) is 0 Å². The summed E-state index contributed by atoms with van der Waals surface area (Å²) in [5, 5.41) is 3.24. The van der Waals surface area contributed by atoms with Crippen molar-refractivity contribution in [2.24, 2.45) is 5.92 Å². The molecule has 1 atom stereocenters. The molecule has 1 aliphatic carbocycles. The van der Waals surface area contributed by atoms with E-state index in [1.807, 2.05) is 0 Å². The highest BCUT2D eigenvalue weighted by atomic mass is 16.5. The molecule has 2 fully saturated rings. The predicted molar refractivity (Wildman–Crippen MR) is 63.2 cm³/mol. The zero-order chi connectivity index (χ0) is 11.8. The number of methoxy groups -OCH3 is 1. The van der Waals surface area contributed by atoms with Gasteiger partial charge in [0.15, 0.2) is 0 Å². The highest BCUT2D eigenvalue weighted by molar-refractivity contribution is 5.80. The van der Waals surface area contributed by atoms with E-state index in [0.717, 1.165) is 12.8 Å². The van der Waals surface area contributed by atoms with Gasteiger partial charge >= 0.3 is 0 Å². The molecule has 1 unspecified atom stereocenters. The second-order valence-electron chi connectivity index (χ2n) is 5.83. The Morgan fingerprint density at radius 1 is 1.31 bits per heavy atom. The number of carbonyl (C=O) groups excluding carboxylic acids is 1. The normalized spacial score (nSPS) is 29.4. The minimum Gasteiger partial charge on any atom is -0.378 e. The summed E-state index contributed by atoms with van der Waals surface area (Å²) in [6.45, 7) is 4.21. The van der Waals surface area contributed by atoms with Crippen LogP contribution in [0.2, 0.25) is 0 Å². The molecule has 1 amide bonds. The number of carbonyl (C=O) groups is 1. The molecule has 2 aliphatic rings. The van der Waals surface area contributed by atoms with E-state index < -0.39 is 0 Å². The number of hydrogen-bond donors (Lipinski definition) is 1. The highest BCUT2D eigenvalue weighted by Crippen LogP contribution is 2.45. The molecule has 1 heterocycles. The predicted octanol–water partition coefficient (Wildman–Crippen LogP) is 2.25. The monoisotopic (exact) mass is 225 g/mol. The van der Waals surface area contributed by atoms with Crippen molar-refractivity contribution in [1.29, 1.82) is 0 Å². The van der Waals surface area contributed by atoms with Crippen LogP contribution in [0.4, 0.5) is 0 Å². The van der Waals surface area contributed by atoms with Crippen LogP contribution in [-0.4, -0.2) is 24.2 Å². The first-order valence-electron chi connectivity index (χ1n) is 6.36. The summed E-state index contributed by atoms with van der Waals surface area (Å²) in [4.78, 5) is 11.7. The van der Waals surface area contributed by atoms with Crippen molar-refractivity contribution < 1.29 is 9.53 Å². The van der Waals surface area contributed by atoms with Crippen molar-refractivity contribution in [2.45, 2.75) is 63.5 Å². The van der Waals surface area contributed by atoms with Crippen LogP contribution < -0.4 is 5.32 Å². The SMILES string of the molecule is COC(C)(C)C1CC(=O)NC12CCCCC2. The van der Waals surface area contributed by atoms with Gasteiger partial charge in [-0.25, -0.2) is 0 Å². The first-order chi connectivity index (χ1) is 7.50. The first-order valence-corrected chi connectivity index (χ1v) is 6.36. The Morgan fingerprint density at radius 2 is 1.94 bits per heavy atom. The van der Waals surface area contributed by atoms with Crippen LogP contribution in [0.25, 0.3) is 0 Å². The Bertz CT molecular complexity index is 280. The lowest BCUT2D eigenvalue weighted by Crippen LogP contribution is -2.54. The molecule has 1 spiro atoms. The van der Waals surface area contributed by atoms with Crippen molar-refractivity contribution in [1.82, 2.24) is 5.32 Å². The van der Waals surface area contributed by atoms with Crippen LogP contribution in [0.3, 0.4) is 0 Å². The average Bonchev–Trinajstić information content (AvgIpc) is 2.57. The van der Waals surface area contributed by atoms with E-state index in [1.165, 1.54) is 19.3 Å². The topological polar surface area (TPSA) is 38.3 Å². The van der Waals surface area contributed by atoms with Crippen molar-refractivity contribution in [3.63, 3.8) is 0 Å². The lowest BCUT2D eigenvalue weighted by Gasteiger charge is -2.44. The molecule has 0 aromatic heterocycles. The van der Waals surface area contributed by atoms with Crippen LogP contribution in [0.15, 0.2) is 0 Å². The molecule has 3 heteroatoms. The third kappa shape index (κ3) is 1.86. The van der Waals surface area contributed by atoms with Crippen LogP contribution in [0.1, 0.15) is 52.4 Å². The Hall–Kier alpha value is -0.570. The maximum Gasteiger partial charge on any atom is 0.220 e. The molecule has 1 N–H and O–H groups in total. The Kier molecular flexibility index (Phi) is 2.99. The van der Waals surface area contributed by atoms with Crippen LogP contribution in [0.5, 0.6) is 0 Å². The molecule has 1 saturated carbocycles. The maximum atomic E-state index is 11.7. The Morgan fingerprint density at radius 3 is 2.50 bits per heavy atom. The molecule has 16 heavy (non-hydrogen) atoms. The van der Waals surface area contributed by atoms with Gasteiger partial charge in [-0.15, -0.1) is 0 Å². The highest BCUT2D eigenvalue weighted by Gasteiger charge is 2.53. The number of hydrogen-bond acceptors (Lipinski definition) is 2. The summed E-state index contributed by atoms with van der Waals surface area (Å²) in [7, 11) is 1.75. The van der Waals surface area contributed by atoms with E-state index in [9.17, 15) is 4.79 Å². The minimum absolute atomic E-state index is 0.0227. The maximum absolute atomic E-state index is 11.7. The Balaban J connectivity index is 2.24. The fraction of sp³-hybridized carbons (Fsp3) is 0.923. The average molecular weight is 225 g/mol. The summed E-state index contributed by atoms with van der Waals surface area (Å²) in [5.74, 6) is 0.523. The van der Waals surface area contributed by atoms with Gasteiger partial charge in [0.05, 0.1) is 5.60 Å². The molecule has 3 nitrogen and oxygen atoms in total. The van der Waals surface area contributed by atoms with Gasteiger partial charge in [-0.05, 0) is 26.7 Å². The van der Waals surface area contributed by atoms with E-state index in [-0.39, 0.29) is 17.0 Å². The molecule has 2 rings (SSSR count). The van der Waals surface area contributed by atoms with Gasteiger partial charge in [0, 0.05) is 25.0 Å². The smallest absolute Gasteiger partial charge is 0.220 e. The summed E-state index contributed by atoms with van der Waals surface area (Å²) >= 11 is 0. The quantitative estimate of drug-likeness (QED) is 0.782. The molecule has 0 aromatic rings.